The van der Waals surface area contributed by atoms with Gasteiger partial charge in [-0.05, 0) is 0 Å². The Labute approximate surface area is 35.9 Å². The number of hydrogen-bond acceptors (Lipinski definition) is 0. The van der Waals surface area contributed by atoms with E-state index in [2.05, 4.69) is 0 Å². The monoisotopic (exact) mass is 60.0 g/mol. The minimum Gasteiger partial charge on any atom is -1.00 e. The van der Waals surface area contributed by atoms with E-state index in [1.165, 1.54) is 0 Å². The zero-order chi connectivity index (χ0) is 2.00. The molecular formula is CH3F2Li. The molecule has 0 nitrogen and oxygen atoms in total. The van der Waals surface area contributed by atoms with Crippen molar-refractivity contribution in [3.05, 3.63) is 0 Å². The molecule has 0 aromatic carbocycles. The fourth-order valence-electron chi connectivity index (χ4n) is 0. The molecule has 0 radical (unpaired) electrons. The van der Waals surface area contributed by atoms with Crippen LogP contribution in [0.5, 0.6) is 0 Å². The van der Waals surface area contributed by atoms with E-state index in [-0.39, 0.29) is 23.6 Å². The standard InChI is InChI=1S/CH3F.FH.Li/c1-2;;/h1H3;1H;/q;;+1/p-1. The van der Waals surface area contributed by atoms with Crippen molar-refractivity contribution in [2.75, 3.05) is 7.18 Å². The Morgan fingerprint density at radius 3 is 1.25 bits per heavy atom. The topological polar surface area (TPSA) is 0 Å². The van der Waals surface area contributed by atoms with Crippen molar-refractivity contribution in [2.24, 2.45) is 0 Å². The molecule has 0 spiro atoms. The van der Waals surface area contributed by atoms with Crippen molar-refractivity contribution >= 4 is 0 Å². The molecule has 0 saturated heterocycles. The van der Waals surface area contributed by atoms with Gasteiger partial charge in [-0.2, -0.15) is 0 Å². The Morgan fingerprint density at radius 2 is 1.25 bits per heavy atom. The SMILES string of the molecule is CF.[F-].[Li+]. The minimum atomic E-state index is 0. The largest absolute Gasteiger partial charge is 1.00 e. The molecule has 0 aromatic heterocycles. The second-order valence-electron chi connectivity index (χ2n) is 0. The Hall–Kier alpha value is 0.457. The van der Waals surface area contributed by atoms with E-state index in [1.54, 1.807) is 0 Å². The van der Waals surface area contributed by atoms with Crippen LogP contribution in [0.25, 0.3) is 0 Å². The smallest absolute Gasteiger partial charge is 1.00 e. The van der Waals surface area contributed by atoms with Crippen LogP contribution in [-0.4, -0.2) is 7.18 Å². The third-order valence-corrected chi connectivity index (χ3v) is 0. The maximum Gasteiger partial charge on any atom is 1.00 e. The molecule has 0 amide bonds. The third-order valence-electron chi connectivity index (χ3n) is 0. The van der Waals surface area contributed by atoms with Gasteiger partial charge >= 0.3 is 18.9 Å². The van der Waals surface area contributed by atoms with Crippen LogP contribution >= 0.6 is 0 Å². The van der Waals surface area contributed by atoms with Gasteiger partial charge in [-0.15, -0.1) is 0 Å². The molecule has 0 aliphatic rings. The quantitative estimate of drug-likeness (QED) is 0.245. The van der Waals surface area contributed by atoms with Gasteiger partial charge in [-0.1, -0.05) is 0 Å². The molecular weight excluding hydrogens is 56.9 g/mol. The maximum absolute atomic E-state index is 9.50. The van der Waals surface area contributed by atoms with Gasteiger partial charge in [0.1, 0.15) is 0 Å². The number of halogens is 2. The van der Waals surface area contributed by atoms with E-state index < -0.39 is 0 Å². The molecule has 0 aliphatic heterocycles. The first-order chi connectivity index (χ1) is 1.00. The van der Waals surface area contributed by atoms with E-state index >= 15 is 0 Å². The molecule has 22 valence electrons. The molecule has 0 aliphatic carbocycles. The zero-order valence-corrected chi connectivity index (χ0v) is 2.76. The van der Waals surface area contributed by atoms with E-state index in [1.807, 2.05) is 0 Å². The summed E-state index contributed by atoms with van der Waals surface area (Å²) in [4.78, 5) is 0. The average Bonchev–Trinajstić information content (AvgIpc) is 1.00. The Kier molecular flexibility index (Phi) is 626. The van der Waals surface area contributed by atoms with E-state index in [9.17, 15) is 4.39 Å². The van der Waals surface area contributed by atoms with Gasteiger partial charge in [-0.25, -0.2) is 0 Å². The molecule has 0 atom stereocenters. The fraction of sp³-hybridized carbons (Fsp3) is 1.00. The predicted octanol–water partition coefficient (Wildman–Crippen LogP) is -5.41. The fourth-order valence-corrected chi connectivity index (χ4v) is 0. The van der Waals surface area contributed by atoms with E-state index in [0.29, 0.717) is 7.18 Å². The number of alkyl halides is 1. The van der Waals surface area contributed by atoms with Crippen LogP contribution in [0.3, 0.4) is 0 Å². The van der Waals surface area contributed by atoms with Gasteiger partial charge < -0.3 is 4.70 Å². The summed E-state index contributed by atoms with van der Waals surface area (Å²) < 4.78 is 9.50. The first-order valence-electron chi connectivity index (χ1n) is 0.378. The van der Waals surface area contributed by atoms with Crippen molar-refractivity contribution in [3.63, 3.8) is 0 Å². The molecule has 0 fully saturated rings. The summed E-state index contributed by atoms with van der Waals surface area (Å²) in [5, 5.41) is 0. The molecule has 0 unspecified atom stereocenters. The van der Waals surface area contributed by atoms with Gasteiger partial charge in [0.25, 0.3) is 0 Å². The normalized spacial score (nSPS) is 1.50. The molecule has 0 N–H and O–H groups in total. The molecule has 4 heavy (non-hydrogen) atoms. The van der Waals surface area contributed by atoms with Gasteiger partial charge in [-0.3, -0.25) is 4.39 Å². The summed E-state index contributed by atoms with van der Waals surface area (Å²) in [6, 6.07) is 0. The summed E-state index contributed by atoms with van der Waals surface area (Å²) in [5.41, 5.74) is 0. The second kappa shape index (κ2) is 99.8. The van der Waals surface area contributed by atoms with Crippen LogP contribution in [0.4, 0.5) is 4.39 Å². The van der Waals surface area contributed by atoms with Gasteiger partial charge in [0.05, 0.1) is 7.18 Å². The molecule has 3 heteroatoms. The molecule has 0 saturated carbocycles. The van der Waals surface area contributed by atoms with E-state index in [0.717, 1.165) is 0 Å². The van der Waals surface area contributed by atoms with Crippen LogP contribution < -0.4 is 23.6 Å². The van der Waals surface area contributed by atoms with Crippen molar-refractivity contribution in [2.45, 2.75) is 0 Å². The number of rotatable bonds is 0. The second-order valence-corrected chi connectivity index (χ2v) is 0. The summed E-state index contributed by atoms with van der Waals surface area (Å²) in [7, 11) is 0.500. The maximum atomic E-state index is 9.50. The van der Waals surface area contributed by atoms with Gasteiger partial charge in [0.15, 0.2) is 0 Å². The summed E-state index contributed by atoms with van der Waals surface area (Å²) in [6.07, 6.45) is 0. The van der Waals surface area contributed by atoms with Crippen molar-refractivity contribution in [1.29, 1.82) is 0 Å². The Morgan fingerprint density at radius 1 is 1.25 bits per heavy atom. The van der Waals surface area contributed by atoms with Crippen LogP contribution in [0.1, 0.15) is 0 Å². The zero-order valence-electron chi connectivity index (χ0n) is 2.76. The average molecular weight is 60.0 g/mol. The molecule has 0 bridgehead atoms. The van der Waals surface area contributed by atoms with Crippen LogP contribution in [0, 0.1) is 0 Å². The van der Waals surface area contributed by atoms with Crippen molar-refractivity contribution in [3.8, 4) is 0 Å². The Bertz CT molecular complexity index is 6.00. The summed E-state index contributed by atoms with van der Waals surface area (Å²) in [6.45, 7) is 0. The number of hydrogen-bond donors (Lipinski definition) is 0. The van der Waals surface area contributed by atoms with Crippen molar-refractivity contribution in [1.82, 2.24) is 0 Å². The summed E-state index contributed by atoms with van der Waals surface area (Å²) >= 11 is 0. The molecule has 0 rings (SSSR count). The molecule has 0 heterocycles. The minimum absolute atomic E-state index is 0. The van der Waals surface area contributed by atoms with Crippen LogP contribution in [-0.2, 0) is 0 Å². The Balaban J connectivity index is -0.00000000500. The third kappa shape index (κ3) is 24.9. The first kappa shape index (κ1) is 25.1. The van der Waals surface area contributed by atoms with Crippen molar-refractivity contribution < 1.29 is 28.0 Å². The first-order valence-corrected chi connectivity index (χ1v) is 0.378. The van der Waals surface area contributed by atoms with Crippen LogP contribution in [0.2, 0.25) is 0 Å². The van der Waals surface area contributed by atoms with Gasteiger partial charge in [0.2, 0.25) is 0 Å². The van der Waals surface area contributed by atoms with Crippen LogP contribution in [0.15, 0.2) is 0 Å². The van der Waals surface area contributed by atoms with Gasteiger partial charge in [0, 0.05) is 0 Å². The predicted molar refractivity (Wildman–Crippen MR) is 7.03 cm³/mol. The summed E-state index contributed by atoms with van der Waals surface area (Å²) in [5.74, 6) is 0. The molecule has 0 aromatic rings. The van der Waals surface area contributed by atoms with E-state index in [4.69, 9.17) is 0 Å².